The van der Waals surface area contributed by atoms with Crippen molar-refractivity contribution in [1.82, 2.24) is 5.32 Å². The molecule has 1 unspecified atom stereocenters. The maximum atomic E-state index is 11.9. The number of carbonyl (C=O) groups is 1. The van der Waals surface area contributed by atoms with E-state index in [-0.39, 0.29) is 28.1 Å². The lowest BCUT2D eigenvalue weighted by atomic mass is 10.1. The number of carbonyl (C=O) groups excluding carboxylic acids is 1. The van der Waals surface area contributed by atoms with Crippen molar-refractivity contribution in [2.45, 2.75) is 25.8 Å². The molecule has 5 N–H and O–H groups in total. The van der Waals surface area contributed by atoms with Crippen LogP contribution >= 0.6 is 12.2 Å². The Morgan fingerprint density at radius 2 is 1.94 bits per heavy atom. The zero-order chi connectivity index (χ0) is 13.7. The summed E-state index contributed by atoms with van der Waals surface area (Å²) in [5.74, 6) is -0.794. The average molecular weight is 268 g/mol. The van der Waals surface area contributed by atoms with Gasteiger partial charge in [-0.2, -0.15) is 0 Å². The minimum Gasteiger partial charge on any atom is -0.508 e. The Hall–Kier alpha value is -1.82. The van der Waals surface area contributed by atoms with Crippen LogP contribution in [0.4, 0.5) is 0 Å². The Morgan fingerprint density at radius 1 is 1.39 bits per heavy atom. The molecular formula is C12H16N2O3S. The Balaban J connectivity index is 2.83. The van der Waals surface area contributed by atoms with Gasteiger partial charge in [0.2, 0.25) is 0 Å². The Bertz CT molecular complexity index is 442. The van der Waals surface area contributed by atoms with E-state index in [1.807, 2.05) is 6.92 Å². The zero-order valence-electron chi connectivity index (χ0n) is 10.0. The van der Waals surface area contributed by atoms with Gasteiger partial charge < -0.3 is 21.3 Å². The van der Waals surface area contributed by atoms with Gasteiger partial charge in [0, 0.05) is 11.6 Å². The third kappa shape index (κ3) is 3.89. The maximum absolute atomic E-state index is 11.9. The second-order valence-corrected chi connectivity index (χ2v) is 4.43. The first kappa shape index (κ1) is 14.2. The molecule has 0 bridgehead atoms. The molecule has 1 aromatic carbocycles. The summed E-state index contributed by atoms with van der Waals surface area (Å²) in [4.78, 5) is 12.1. The van der Waals surface area contributed by atoms with Gasteiger partial charge in [-0.25, -0.2) is 0 Å². The topological polar surface area (TPSA) is 95.6 Å². The number of aromatic hydroxyl groups is 2. The number of phenolic OH excluding ortho intramolecular Hbond substituents is 2. The summed E-state index contributed by atoms with van der Waals surface area (Å²) < 4.78 is 0. The van der Waals surface area contributed by atoms with E-state index in [0.717, 1.165) is 12.5 Å². The van der Waals surface area contributed by atoms with Crippen LogP contribution < -0.4 is 11.1 Å². The maximum Gasteiger partial charge on any atom is 0.252 e. The smallest absolute Gasteiger partial charge is 0.252 e. The van der Waals surface area contributed by atoms with Crippen molar-refractivity contribution < 1.29 is 15.0 Å². The van der Waals surface area contributed by atoms with E-state index in [4.69, 9.17) is 18.0 Å². The first-order valence-corrected chi connectivity index (χ1v) is 5.98. The van der Waals surface area contributed by atoms with E-state index in [1.54, 1.807) is 0 Å². The highest BCUT2D eigenvalue weighted by Crippen LogP contribution is 2.20. The summed E-state index contributed by atoms with van der Waals surface area (Å²) in [5, 5.41) is 21.3. The predicted molar refractivity (Wildman–Crippen MR) is 72.7 cm³/mol. The quantitative estimate of drug-likeness (QED) is 0.603. The number of thiocarbonyl (C=S) groups is 1. The molecule has 1 aromatic rings. The molecule has 98 valence electrons. The van der Waals surface area contributed by atoms with Crippen molar-refractivity contribution >= 4 is 23.1 Å². The largest absolute Gasteiger partial charge is 0.508 e. The number of benzene rings is 1. The van der Waals surface area contributed by atoms with E-state index in [9.17, 15) is 15.0 Å². The molecule has 1 amide bonds. The minimum atomic E-state index is -0.438. The van der Waals surface area contributed by atoms with Crippen LogP contribution in [-0.4, -0.2) is 27.2 Å². The summed E-state index contributed by atoms with van der Waals surface area (Å²) in [7, 11) is 0. The summed E-state index contributed by atoms with van der Waals surface area (Å²) in [5.41, 5.74) is 5.68. The van der Waals surface area contributed by atoms with E-state index >= 15 is 0 Å². The number of nitrogens with two attached hydrogens (primary N) is 1. The lowest BCUT2D eigenvalue weighted by molar-refractivity contribution is 0.0945. The van der Waals surface area contributed by atoms with Crippen LogP contribution in [0, 0.1) is 0 Å². The summed E-state index contributed by atoms with van der Waals surface area (Å²) in [6.45, 7) is 1.96. The molecular weight excluding hydrogens is 252 g/mol. The Labute approximate surface area is 111 Å². The molecule has 0 heterocycles. The number of amides is 1. The van der Waals surface area contributed by atoms with Crippen LogP contribution in [0.15, 0.2) is 18.2 Å². The van der Waals surface area contributed by atoms with Crippen molar-refractivity contribution in [3.63, 3.8) is 0 Å². The Kier molecular flexibility index (Phi) is 4.91. The Morgan fingerprint density at radius 3 is 2.39 bits per heavy atom. The molecule has 1 rings (SSSR count). The van der Waals surface area contributed by atoms with E-state index < -0.39 is 5.91 Å². The van der Waals surface area contributed by atoms with E-state index in [2.05, 4.69) is 5.32 Å². The van der Waals surface area contributed by atoms with Crippen LogP contribution in [0.1, 0.15) is 30.1 Å². The number of nitrogens with one attached hydrogen (secondary N) is 1. The van der Waals surface area contributed by atoms with Crippen molar-refractivity contribution in [1.29, 1.82) is 0 Å². The third-order valence-electron chi connectivity index (χ3n) is 2.39. The molecule has 0 spiro atoms. The standard InChI is InChI=1S/C12H16N2O3S/c1-2-3-10(11(13)18)14-12(17)7-4-8(15)6-9(16)5-7/h4-6,10,15-16H,2-3H2,1H3,(H2,13,18)(H,14,17). The first-order chi connectivity index (χ1) is 8.43. The number of hydrogen-bond acceptors (Lipinski definition) is 4. The normalized spacial score (nSPS) is 11.8. The molecule has 0 fully saturated rings. The molecule has 0 saturated carbocycles. The highest BCUT2D eigenvalue weighted by molar-refractivity contribution is 7.80. The second kappa shape index (κ2) is 6.20. The van der Waals surface area contributed by atoms with Crippen LogP contribution in [0.5, 0.6) is 11.5 Å². The van der Waals surface area contributed by atoms with Gasteiger partial charge in [0.15, 0.2) is 0 Å². The number of hydrogen-bond donors (Lipinski definition) is 4. The van der Waals surface area contributed by atoms with Crippen molar-refractivity contribution in [3.05, 3.63) is 23.8 Å². The molecule has 6 heteroatoms. The second-order valence-electron chi connectivity index (χ2n) is 3.96. The predicted octanol–water partition coefficient (Wildman–Crippen LogP) is 1.28. The minimum absolute atomic E-state index is 0.157. The highest BCUT2D eigenvalue weighted by Gasteiger charge is 2.16. The molecule has 0 aliphatic rings. The highest BCUT2D eigenvalue weighted by atomic mass is 32.1. The van der Waals surface area contributed by atoms with Crippen molar-refractivity contribution in [3.8, 4) is 11.5 Å². The zero-order valence-corrected chi connectivity index (χ0v) is 10.8. The van der Waals surface area contributed by atoms with Gasteiger partial charge in [0.25, 0.3) is 5.91 Å². The van der Waals surface area contributed by atoms with Crippen LogP contribution in [0.25, 0.3) is 0 Å². The lowest BCUT2D eigenvalue weighted by Gasteiger charge is -2.16. The molecule has 5 nitrogen and oxygen atoms in total. The van der Waals surface area contributed by atoms with Crippen molar-refractivity contribution in [2.24, 2.45) is 5.73 Å². The molecule has 0 radical (unpaired) electrons. The molecule has 1 atom stereocenters. The molecule has 0 aromatic heterocycles. The summed E-state index contributed by atoms with van der Waals surface area (Å²) in [6, 6.07) is 3.28. The SMILES string of the molecule is CCCC(NC(=O)c1cc(O)cc(O)c1)C(N)=S. The van der Waals surface area contributed by atoms with Gasteiger partial charge >= 0.3 is 0 Å². The van der Waals surface area contributed by atoms with Crippen molar-refractivity contribution in [2.75, 3.05) is 0 Å². The van der Waals surface area contributed by atoms with Gasteiger partial charge in [-0.05, 0) is 18.6 Å². The van der Waals surface area contributed by atoms with Crippen LogP contribution in [-0.2, 0) is 0 Å². The van der Waals surface area contributed by atoms with Crippen LogP contribution in [0.2, 0.25) is 0 Å². The molecule has 0 saturated heterocycles. The van der Waals surface area contributed by atoms with Gasteiger partial charge in [0.05, 0.1) is 11.0 Å². The molecule has 0 aliphatic heterocycles. The first-order valence-electron chi connectivity index (χ1n) is 5.57. The molecule has 18 heavy (non-hydrogen) atoms. The van der Waals surface area contributed by atoms with Gasteiger partial charge in [0.1, 0.15) is 11.5 Å². The third-order valence-corrected chi connectivity index (χ3v) is 2.68. The van der Waals surface area contributed by atoms with Crippen LogP contribution in [0.3, 0.4) is 0 Å². The monoisotopic (exact) mass is 268 g/mol. The van der Waals surface area contributed by atoms with E-state index in [0.29, 0.717) is 6.42 Å². The fourth-order valence-electron chi connectivity index (χ4n) is 1.54. The summed E-state index contributed by atoms with van der Waals surface area (Å²) >= 11 is 4.87. The van der Waals surface area contributed by atoms with Gasteiger partial charge in [-0.15, -0.1) is 0 Å². The number of rotatable bonds is 5. The van der Waals surface area contributed by atoms with Gasteiger partial charge in [-0.1, -0.05) is 25.6 Å². The molecule has 0 aliphatic carbocycles. The van der Waals surface area contributed by atoms with E-state index in [1.165, 1.54) is 12.1 Å². The number of phenols is 2. The fourth-order valence-corrected chi connectivity index (χ4v) is 1.72. The summed E-state index contributed by atoms with van der Waals surface area (Å²) in [6.07, 6.45) is 1.47. The average Bonchev–Trinajstić information content (AvgIpc) is 2.26. The van der Waals surface area contributed by atoms with Gasteiger partial charge in [-0.3, -0.25) is 4.79 Å². The lowest BCUT2D eigenvalue weighted by Crippen LogP contribution is -2.43. The fraction of sp³-hybridized carbons (Fsp3) is 0.333.